The molecule has 0 heterocycles. The molecule has 0 aliphatic rings. The van der Waals surface area contributed by atoms with Crippen molar-refractivity contribution >= 4 is 11.6 Å². The molecule has 4 nitrogen and oxygen atoms in total. The fraction of sp³-hybridized carbons (Fsp3) is 0.562. The van der Waals surface area contributed by atoms with Crippen LogP contribution in [-0.2, 0) is 4.79 Å². The summed E-state index contributed by atoms with van der Waals surface area (Å²) >= 11 is 0. The van der Waals surface area contributed by atoms with Gasteiger partial charge in [0.05, 0.1) is 12.3 Å². The molecule has 0 saturated carbocycles. The number of anilines is 1. The Balaban J connectivity index is 2.51. The van der Waals surface area contributed by atoms with E-state index in [1.165, 1.54) is 6.07 Å². The zero-order valence-corrected chi connectivity index (χ0v) is 12.8. The van der Waals surface area contributed by atoms with Crippen molar-refractivity contribution in [3.63, 3.8) is 0 Å². The molecule has 0 aliphatic carbocycles. The molecule has 1 aromatic rings. The van der Waals surface area contributed by atoms with Crippen molar-refractivity contribution in [2.45, 2.75) is 39.2 Å². The maximum atomic E-state index is 13.4. The summed E-state index contributed by atoms with van der Waals surface area (Å²) < 4.78 is 13.4. The van der Waals surface area contributed by atoms with Gasteiger partial charge in [-0.25, -0.2) is 4.39 Å². The molecule has 0 saturated heterocycles. The lowest BCUT2D eigenvalue weighted by molar-refractivity contribution is -0.116. The first kappa shape index (κ1) is 17.6. The van der Waals surface area contributed by atoms with E-state index in [1.54, 1.807) is 18.2 Å². The first-order chi connectivity index (χ1) is 10.1. The van der Waals surface area contributed by atoms with E-state index < -0.39 is 5.82 Å². The average Bonchev–Trinajstić information content (AvgIpc) is 2.48. The molecule has 0 spiro atoms. The number of halogens is 1. The Kier molecular flexibility index (Phi) is 7.93. The van der Waals surface area contributed by atoms with Gasteiger partial charge >= 0.3 is 0 Å². The van der Waals surface area contributed by atoms with E-state index in [0.717, 1.165) is 12.8 Å². The molecular formula is C16H25FN2O2. The fourth-order valence-corrected chi connectivity index (χ4v) is 2.43. The van der Waals surface area contributed by atoms with Gasteiger partial charge in [0.1, 0.15) is 5.82 Å². The Morgan fingerprint density at radius 1 is 1.29 bits per heavy atom. The summed E-state index contributed by atoms with van der Waals surface area (Å²) in [6, 6.07) is 6.48. The Hall–Kier alpha value is -1.46. The van der Waals surface area contributed by atoms with Crippen LogP contribution in [0.4, 0.5) is 10.1 Å². The molecule has 5 heteroatoms. The molecule has 2 N–H and O–H groups in total. The molecule has 1 amide bonds. The minimum Gasteiger partial charge on any atom is -0.395 e. The van der Waals surface area contributed by atoms with Gasteiger partial charge in [-0.05, 0) is 25.0 Å². The number of nitrogens with zero attached hydrogens (tertiary/aromatic N) is 1. The molecule has 21 heavy (non-hydrogen) atoms. The van der Waals surface area contributed by atoms with Gasteiger partial charge in [-0.15, -0.1) is 0 Å². The van der Waals surface area contributed by atoms with Gasteiger partial charge in [0.2, 0.25) is 5.91 Å². The number of hydrogen-bond donors (Lipinski definition) is 2. The predicted molar refractivity (Wildman–Crippen MR) is 82.7 cm³/mol. The highest BCUT2D eigenvalue weighted by Gasteiger charge is 2.16. The van der Waals surface area contributed by atoms with Crippen molar-refractivity contribution in [3.05, 3.63) is 30.1 Å². The highest BCUT2D eigenvalue weighted by molar-refractivity contribution is 5.90. The Morgan fingerprint density at radius 2 is 1.95 bits per heavy atom. The van der Waals surface area contributed by atoms with Crippen molar-refractivity contribution < 1.29 is 14.3 Å². The van der Waals surface area contributed by atoms with E-state index in [9.17, 15) is 9.18 Å². The summed E-state index contributed by atoms with van der Waals surface area (Å²) in [6.45, 7) is 5.38. The first-order valence-electron chi connectivity index (χ1n) is 7.51. The van der Waals surface area contributed by atoms with E-state index in [4.69, 9.17) is 5.11 Å². The highest BCUT2D eigenvalue weighted by Crippen LogP contribution is 2.13. The second kappa shape index (κ2) is 9.47. The molecule has 0 unspecified atom stereocenters. The van der Waals surface area contributed by atoms with Crippen LogP contribution in [0.25, 0.3) is 0 Å². The number of benzene rings is 1. The highest BCUT2D eigenvalue weighted by atomic mass is 19.1. The lowest BCUT2D eigenvalue weighted by Crippen LogP contribution is -2.38. The van der Waals surface area contributed by atoms with Gasteiger partial charge in [0.15, 0.2) is 0 Å². The molecule has 1 aromatic carbocycles. The number of aliphatic hydroxyl groups is 1. The molecule has 0 fully saturated rings. The van der Waals surface area contributed by atoms with Gasteiger partial charge in [0, 0.05) is 25.6 Å². The largest absolute Gasteiger partial charge is 0.395 e. The third kappa shape index (κ3) is 5.81. The van der Waals surface area contributed by atoms with Crippen molar-refractivity contribution in [1.82, 2.24) is 4.90 Å². The molecule has 0 aliphatic heterocycles. The van der Waals surface area contributed by atoms with Crippen LogP contribution in [0.1, 0.15) is 33.1 Å². The number of rotatable bonds is 9. The van der Waals surface area contributed by atoms with Crippen molar-refractivity contribution in [3.8, 4) is 0 Å². The fourth-order valence-electron chi connectivity index (χ4n) is 2.43. The van der Waals surface area contributed by atoms with Crippen LogP contribution in [-0.4, -0.2) is 41.7 Å². The van der Waals surface area contributed by atoms with Crippen LogP contribution >= 0.6 is 0 Å². The number of nitrogens with one attached hydrogen (secondary N) is 1. The summed E-state index contributed by atoms with van der Waals surface area (Å²) in [4.78, 5) is 14.0. The topological polar surface area (TPSA) is 52.6 Å². The number of carbonyl (C=O) groups excluding carboxylic acids is 1. The van der Waals surface area contributed by atoms with Gasteiger partial charge in [-0.2, -0.15) is 0 Å². The van der Waals surface area contributed by atoms with Gasteiger partial charge < -0.3 is 10.4 Å². The molecule has 0 aromatic heterocycles. The number of hydrogen-bond acceptors (Lipinski definition) is 3. The second-order valence-electron chi connectivity index (χ2n) is 5.01. The van der Waals surface area contributed by atoms with E-state index in [0.29, 0.717) is 19.1 Å². The smallest absolute Gasteiger partial charge is 0.225 e. The third-order valence-corrected chi connectivity index (χ3v) is 3.62. The van der Waals surface area contributed by atoms with Crippen molar-refractivity contribution in [2.75, 3.05) is 25.0 Å². The van der Waals surface area contributed by atoms with Gasteiger partial charge in [-0.3, -0.25) is 9.69 Å². The number of carbonyl (C=O) groups is 1. The number of aliphatic hydroxyl groups excluding tert-OH is 1. The quantitative estimate of drug-likeness (QED) is 0.736. The van der Waals surface area contributed by atoms with Gasteiger partial charge in [0.25, 0.3) is 0 Å². The summed E-state index contributed by atoms with van der Waals surface area (Å²) in [6.07, 6.45) is 2.24. The molecular weight excluding hydrogens is 271 g/mol. The Labute approximate surface area is 126 Å². The minimum atomic E-state index is -0.432. The number of para-hydroxylation sites is 1. The summed E-state index contributed by atoms with van der Waals surface area (Å²) in [7, 11) is 0. The molecule has 118 valence electrons. The summed E-state index contributed by atoms with van der Waals surface area (Å²) in [5.74, 6) is -0.646. The zero-order valence-electron chi connectivity index (χ0n) is 12.8. The first-order valence-corrected chi connectivity index (χ1v) is 7.51. The SMILES string of the molecule is CCC(CC)N(CCO)CCC(=O)Nc1ccccc1F. The maximum Gasteiger partial charge on any atom is 0.225 e. The average molecular weight is 296 g/mol. The van der Waals surface area contributed by atoms with Crippen molar-refractivity contribution in [1.29, 1.82) is 0 Å². The lowest BCUT2D eigenvalue weighted by Gasteiger charge is -2.29. The second-order valence-corrected chi connectivity index (χ2v) is 5.01. The van der Waals surface area contributed by atoms with E-state index in [-0.39, 0.29) is 24.6 Å². The van der Waals surface area contributed by atoms with Crippen LogP contribution in [0.15, 0.2) is 24.3 Å². The van der Waals surface area contributed by atoms with E-state index in [1.807, 2.05) is 0 Å². The molecule has 0 bridgehead atoms. The van der Waals surface area contributed by atoms with Crippen molar-refractivity contribution in [2.24, 2.45) is 0 Å². The van der Waals surface area contributed by atoms with Crippen LogP contribution in [0.5, 0.6) is 0 Å². The van der Waals surface area contributed by atoms with E-state index >= 15 is 0 Å². The van der Waals surface area contributed by atoms with Crippen LogP contribution in [0.2, 0.25) is 0 Å². The number of amides is 1. The maximum absolute atomic E-state index is 13.4. The van der Waals surface area contributed by atoms with Crippen LogP contribution in [0.3, 0.4) is 0 Å². The third-order valence-electron chi connectivity index (χ3n) is 3.62. The van der Waals surface area contributed by atoms with E-state index in [2.05, 4.69) is 24.1 Å². The lowest BCUT2D eigenvalue weighted by atomic mass is 10.1. The monoisotopic (exact) mass is 296 g/mol. The predicted octanol–water partition coefficient (Wildman–Crippen LogP) is 2.64. The normalized spacial score (nSPS) is 11.1. The molecule has 1 rings (SSSR count). The summed E-state index contributed by atoms with van der Waals surface area (Å²) in [5.41, 5.74) is 0.207. The minimum absolute atomic E-state index is 0.0748. The molecule has 0 atom stereocenters. The van der Waals surface area contributed by atoms with Crippen LogP contribution < -0.4 is 5.32 Å². The standard InChI is InChI=1S/C16H25FN2O2/c1-3-13(4-2)19(11-12-20)10-9-16(21)18-15-8-6-5-7-14(15)17/h5-8,13,20H,3-4,9-12H2,1-2H3,(H,18,21). The van der Waals surface area contributed by atoms with Gasteiger partial charge in [-0.1, -0.05) is 26.0 Å². The Bertz CT molecular complexity index is 436. The van der Waals surface area contributed by atoms with Crippen LogP contribution in [0, 0.1) is 5.82 Å². The Morgan fingerprint density at radius 3 is 2.52 bits per heavy atom. The molecule has 0 radical (unpaired) electrons. The zero-order chi connectivity index (χ0) is 15.7. The summed E-state index contributed by atoms with van der Waals surface area (Å²) in [5, 5.41) is 11.7.